The molecule has 128 valence electrons. The van der Waals surface area contributed by atoms with Crippen molar-refractivity contribution < 1.29 is 18.7 Å². The summed E-state index contributed by atoms with van der Waals surface area (Å²) < 4.78 is 16.5. The van der Waals surface area contributed by atoms with Crippen LogP contribution in [0.5, 0.6) is 11.5 Å². The molecule has 7 nitrogen and oxygen atoms in total. The zero-order chi connectivity index (χ0) is 17.5. The van der Waals surface area contributed by atoms with E-state index >= 15 is 0 Å². The highest BCUT2D eigenvalue weighted by Crippen LogP contribution is 2.30. The van der Waals surface area contributed by atoms with Crippen LogP contribution in [0.2, 0.25) is 0 Å². The Morgan fingerprint density at radius 2 is 2.12 bits per heavy atom. The molecule has 25 heavy (non-hydrogen) atoms. The Morgan fingerprint density at radius 1 is 1.28 bits per heavy atom. The van der Waals surface area contributed by atoms with E-state index in [1.165, 1.54) is 12.5 Å². The van der Waals surface area contributed by atoms with Gasteiger partial charge >= 0.3 is 0 Å². The van der Waals surface area contributed by atoms with Crippen molar-refractivity contribution in [1.82, 2.24) is 10.6 Å². The maximum atomic E-state index is 12.0. The number of hydrogen-bond acceptors (Lipinski definition) is 6. The number of carbonyl (C=O) groups excluding carboxylic acids is 1. The zero-order valence-corrected chi connectivity index (χ0v) is 13.4. The topological polar surface area (TPSA) is 96.5 Å². The molecule has 0 bridgehead atoms. The quantitative estimate of drug-likeness (QED) is 0.615. The van der Waals surface area contributed by atoms with Gasteiger partial charge in [0.2, 0.25) is 0 Å². The first-order chi connectivity index (χ1) is 12.3. The molecular formula is C18H17N3O4. The lowest BCUT2D eigenvalue weighted by atomic mass is 10.2. The summed E-state index contributed by atoms with van der Waals surface area (Å²) in [4.78, 5) is 12.0. The first-order valence-corrected chi connectivity index (χ1v) is 7.79. The molecule has 1 amide bonds. The van der Waals surface area contributed by atoms with Crippen molar-refractivity contribution in [2.24, 2.45) is 0 Å². The maximum Gasteiger partial charge on any atom is 0.263 e. The van der Waals surface area contributed by atoms with E-state index in [-0.39, 0.29) is 18.2 Å². The number of carbonyl (C=O) groups is 1. The van der Waals surface area contributed by atoms with Gasteiger partial charge in [0.15, 0.2) is 11.5 Å². The van der Waals surface area contributed by atoms with Crippen LogP contribution in [0.15, 0.2) is 58.9 Å². The fraction of sp³-hybridized carbons (Fsp3) is 0.222. The van der Waals surface area contributed by atoms with Crippen LogP contribution in [-0.4, -0.2) is 25.2 Å². The summed E-state index contributed by atoms with van der Waals surface area (Å²) in [7, 11) is 0. The van der Waals surface area contributed by atoms with Crippen LogP contribution in [0.3, 0.4) is 0 Å². The van der Waals surface area contributed by atoms with Crippen LogP contribution in [0.4, 0.5) is 0 Å². The molecule has 1 unspecified atom stereocenters. The summed E-state index contributed by atoms with van der Waals surface area (Å²) in [5.74, 6) is 1.54. The summed E-state index contributed by atoms with van der Waals surface area (Å²) >= 11 is 0. The van der Waals surface area contributed by atoms with E-state index in [0.717, 1.165) is 0 Å². The van der Waals surface area contributed by atoms with Gasteiger partial charge < -0.3 is 24.5 Å². The average Bonchev–Trinajstić information content (AvgIpc) is 3.17. The normalized spacial score (nSPS) is 16.0. The smallest absolute Gasteiger partial charge is 0.263 e. The van der Waals surface area contributed by atoms with Gasteiger partial charge in [0.25, 0.3) is 5.91 Å². The Bertz CT molecular complexity index is 793. The third kappa shape index (κ3) is 4.32. The van der Waals surface area contributed by atoms with Gasteiger partial charge in [-0.15, -0.1) is 0 Å². The minimum absolute atomic E-state index is 0.0244. The minimum atomic E-state index is -0.474. The third-order valence-electron chi connectivity index (χ3n) is 3.53. The molecule has 0 saturated heterocycles. The SMILES string of the molecule is N#C/C(=C/NCC1COc2ccccc2O1)C(=O)NCc1ccco1. The van der Waals surface area contributed by atoms with E-state index in [1.54, 1.807) is 12.1 Å². The number of para-hydroxylation sites is 2. The van der Waals surface area contributed by atoms with Crippen molar-refractivity contribution in [3.63, 3.8) is 0 Å². The molecule has 2 N–H and O–H groups in total. The molecule has 1 aliphatic rings. The van der Waals surface area contributed by atoms with Gasteiger partial charge in [-0.05, 0) is 24.3 Å². The molecule has 1 aliphatic heterocycles. The van der Waals surface area contributed by atoms with Crippen molar-refractivity contribution >= 4 is 5.91 Å². The molecule has 1 aromatic heterocycles. The van der Waals surface area contributed by atoms with Crippen molar-refractivity contribution in [1.29, 1.82) is 5.26 Å². The van der Waals surface area contributed by atoms with Crippen LogP contribution < -0.4 is 20.1 Å². The number of hydrogen-bond donors (Lipinski definition) is 2. The first-order valence-electron chi connectivity index (χ1n) is 7.79. The van der Waals surface area contributed by atoms with Gasteiger partial charge in [-0.3, -0.25) is 4.79 Å². The number of rotatable bonds is 6. The monoisotopic (exact) mass is 339 g/mol. The Hall–Kier alpha value is -3.40. The van der Waals surface area contributed by atoms with Crippen LogP contribution in [0.1, 0.15) is 5.76 Å². The zero-order valence-electron chi connectivity index (χ0n) is 13.4. The van der Waals surface area contributed by atoms with Gasteiger partial charge in [-0.25, -0.2) is 0 Å². The largest absolute Gasteiger partial charge is 0.486 e. The number of nitrogens with one attached hydrogen (secondary N) is 2. The van der Waals surface area contributed by atoms with Gasteiger partial charge in [-0.1, -0.05) is 12.1 Å². The third-order valence-corrected chi connectivity index (χ3v) is 3.53. The van der Waals surface area contributed by atoms with Crippen molar-refractivity contribution in [3.05, 3.63) is 60.2 Å². The molecule has 0 saturated carbocycles. The Labute approximate surface area is 144 Å². The lowest BCUT2D eigenvalue weighted by molar-refractivity contribution is -0.117. The fourth-order valence-electron chi connectivity index (χ4n) is 2.28. The molecule has 1 atom stereocenters. The van der Waals surface area contributed by atoms with Gasteiger partial charge in [0, 0.05) is 6.20 Å². The molecule has 0 aliphatic carbocycles. The molecule has 2 heterocycles. The molecular weight excluding hydrogens is 322 g/mol. The highest BCUT2D eigenvalue weighted by Gasteiger charge is 2.20. The van der Waals surface area contributed by atoms with Gasteiger partial charge in [-0.2, -0.15) is 5.26 Å². The van der Waals surface area contributed by atoms with Gasteiger partial charge in [0.1, 0.15) is 30.1 Å². The Kier molecular flexibility index (Phi) is 5.22. The number of benzene rings is 1. The number of furan rings is 1. The summed E-state index contributed by atoms with van der Waals surface area (Å²) in [6.07, 6.45) is 2.69. The van der Waals surface area contributed by atoms with E-state index in [9.17, 15) is 4.79 Å². The Balaban J connectivity index is 1.48. The summed E-state index contributed by atoms with van der Waals surface area (Å²) in [5.41, 5.74) is -0.0244. The lowest BCUT2D eigenvalue weighted by Gasteiger charge is -2.26. The standard InChI is InChI=1S/C18H17N3O4/c19-8-13(18(22)21-11-14-4-3-7-23-14)9-20-10-15-12-24-16-5-1-2-6-17(16)25-15/h1-7,9,15,20H,10-12H2,(H,21,22)/b13-9-. The van der Waals surface area contributed by atoms with E-state index in [0.29, 0.717) is 30.4 Å². The molecule has 0 fully saturated rings. The Morgan fingerprint density at radius 3 is 2.88 bits per heavy atom. The number of fused-ring (bicyclic) bond motifs is 1. The average molecular weight is 339 g/mol. The lowest BCUT2D eigenvalue weighted by Crippen LogP contribution is -2.37. The van der Waals surface area contributed by atoms with Crippen LogP contribution in [0.25, 0.3) is 0 Å². The van der Waals surface area contributed by atoms with Crippen LogP contribution in [-0.2, 0) is 11.3 Å². The number of ether oxygens (including phenoxy) is 2. The predicted octanol–water partition coefficient (Wildman–Crippen LogP) is 1.73. The van der Waals surface area contributed by atoms with Crippen LogP contribution in [0, 0.1) is 11.3 Å². The minimum Gasteiger partial charge on any atom is -0.486 e. The second-order valence-corrected chi connectivity index (χ2v) is 5.34. The number of amides is 1. The first kappa shape index (κ1) is 16.5. The predicted molar refractivity (Wildman–Crippen MR) is 88.6 cm³/mol. The number of nitrogens with zero attached hydrogens (tertiary/aromatic N) is 1. The van der Waals surface area contributed by atoms with Crippen LogP contribution >= 0.6 is 0 Å². The number of nitriles is 1. The van der Waals surface area contributed by atoms with E-state index in [2.05, 4.69) is 10.6 Å². The van der Waals surface area contributed by atoms with E-state index in [4.69, 9.17) is 19.2 Å². The van der Waals surface area contributed by atoms with Gasteiger partial charge in [0.05, 0.1) is 19.4 Å². The highest BCUT2D eigenvalue weighted by atomic mass is 16.6. The molecule has 7 heteroatoms. The van der Waals surface area contributed by atoms with E-state index < -0.39 is 5.91 Å². The molecule has 3 rings (SSSR count). The molecule has 0 radical (unpaired) electrons. The molecule has 1 aromatic carbocycles. The second kappa shape index (κ2) is 7.93. The summed E-state index contributed by atoms with van der Waals surface area (Å²) in [6, 6.07) is 12.8. The maximum absolute atomic E-state index is 12.0. The summed E-state index contributed by atoms with van der Waals surface area (Å²) in [6.45, 7) is 1.02. The highest BCUT2D eigenvalue weighted by molar-refractivity contribution is 5.97. The molecule has 0 spiro atoms. The fourth-order valence-corrected chi connectivity index (χ4v) is 2.28. The molecule has 2 aromatic rings. The summed E-state index contributed by atoms with van der Waals surface area (Å²) in [5, 5.41) is 14.7. The van der Waals surface area contributed by atoms with Crippen molar-refractivity contribution in [3.8, 4) is 17.6 Å². The van der Waals surface area contributed by atoms with Crippen molar-refractivity contribution in [2.75, 3.05) is 13.2 Å². The van der Waals surface area contributed by atoms with E-state index in [1.807, 2.05) is 30.3 Å². The van der Waals surface area contributed by atoms with Crippen molar-refractivity contribution in [2.45, 2.75) is 12.6 Å². The second-order valence-electron chi connectivity index (χ2n) is 5.34.